The van der Waals surface area contributed by atoms with Gasteiger partial charge in [0.25, 0.3) is 5.56 Å². The van der Waals surface area contributed by atoms with Gasteiger partial charge in [0.15, 0.2) is 11.6 Å². The summed E-state index contributed by atoms with van der Waals surface area (Å²) >= 11 is 0. The highest BCUT2D eigenvalue weighted by Crippen LogP contribution is 2.27. The molecule has 4 aromatic rings. The summed E-state index contributed by atoms with van der Waals surface area (Å²) in [5, 5.41) is 4.82. The van der Waals surface area contributed by atoms with E-state index in [0.29, 0.717) is 18.9 Å². The molecule has 0 fully saturated rings. The van der Waals surface area contributed by atoms with Crippen LogP contribution in [0.25, 0.3) is 17.1 Å². The van der Waals surface area contributed by atoms with Crippen LogP contribution < -0.4 is 5.56 Å². The number of H-pyrrole nitrogens is 1. The summed E-state index contributed by atoms with van der Waals surface area (Å²) in [5.41, 5.74) is 5.40. The molecule has 172 valence electrons. The number of aromatic nitrogens is 4. The zero-order valence-electron chi connectivity index (χ0n) is 18.9. The zero-order valence-corrected chi connectivity index (χ0v) is 18.9. The van der Waals surface area contributed by atoms with Crippen LogP contribution in [0.2, 0.25) is 0 Å². The van der Waals surface area contributed by atoms with E-state index in [-0.39, 0.29) is 5.56 Å². The molecule has 0 aliphatic carbocycles. The Balaban J connectivity index is 1.28. The van der Waals surface area contributed by atoms with Crippen LogP contribution in [0.4, 0.5) is 0 Å². The Hall–Kier alpha value is -3.78. The van der Waals surface area contributed by atoms with E-state index in [2.05, 4.69) is 21.1 Å². The maximum atomic E-state index is 13.0. The smallest absolute Gasteiger partial charge is 0.255 e. The molecule has 0 saturated heterocycles. The van der Waals surface area contributed by atoms with Crippen molar-refractivity contribution in [1.82, 2.24) is 24.6 Å². The number of rotatable bonds is 5. The fraction of sp³-hybridized carbons (Fsp3) is 0.308. The van der Waals surface area contributed by atoms with Crippen molar-refractivity contribution in [3.8, 4) is 17.1 Å². The zero-order chi connectivity index (χ0) is 22.9. The van der Waals surface area contributed by atoms with Crippen LogP contribution in [0.15, 0.2) is 69.1 Å². The van der Waals surface area contributed by atoms with Crippen molar-refractivity contribution in [2.24, 2.45) is 4.99 Å². The SMILES string of the molecule is O=c1[nH]c(C2=NCCCC2)nc2c1CN(Cc1cn(-c3ccccc3)nc1-c1ccco1)CC2. The van der Waals surface area contributed by atoms with Gasteiger partial charge in [-0.1, -0.05) is 18.2 Å². The summed E-state index contributed by atoms with van der Waals surface area (Å²) in [6.07, 6.45) is 7.54. The normalized spacial score (nSPS) is 16.3. The van der Waals surface area contributed by atoms with Gasteiger partial charge in [0.05, 0.1) is 28.9 Å². The second-order valence-corrected chi connectivity index (χ2v) is 8.85. The highest BCUT2D eigenvalue weighted by Gasteiger charge is 2.25. The number of para-hydroxylation sites is 1. The molecular formula is C26H26N6O2. The highest BCUT2D eigenvalue weighted by molar-refractivity contribution is 5.97. The Morgan fingerprint density at radius 2 is 1.97 bits per heavy atom. The molecule has 0 atom stereocenters. The van der Waals surface area contributed by atoms with Crippen LogP contribution in [-0.2, 0) is 19.5 Å². The van der Waals surface area contributed by atoms with Crippen molar-refractivity contribution in [3.63, 3.8) is 0 Å². The Kier molecular flexibility index (Phi) is 5.43. The van der Waals surface area contributed by atoms with E-state index in [0.717, 1.165) is 78.4 Å². The van der Waals surface area contributed by atoms with Crippen molar-refractivity contribution in [2.45, 2.75) is 38.8 Å². The average molecular weight is 455 g/mol. The lowest BCUT2D eigenvalue weighted by molar-refractivity contribution is 0.242. The summed E-state index contributed by atoms with van der Waals surface area (Å²) in [6.45, 7) is 2.86. The quantitative estimate of drug-likeness (QED) is 0.496. The highest BCUT2D eigenvalue weighted by atomic mass is 16.3. The molecule has 8 heteroatoms. The van der Waals surface area contributed by atoms with Gasteiger partial charge in [-0.05, 0) is 43.5 Å². The van der Waals surface area contributed by atoms with Crippen molar-refractivity contribution in [2.75, 3.05) is 13.1 Å². The fourth-order valence-corrected chi connectivity index (χ4v) is 4.74. The number of benzene rings is 1. The van der Waals surface area contributed by atoms with Crippen molar-refractivity contribution in [3.05, 3.63) is 87.9 Å². The van der Waals surface area contributed by atoms with Gasteiger partial charge in [0.1, 0.15) is 5.69 Å². The fourth-order valence-electron chi connectivity index (χ4n) is 4.74. The monoisotopic (exact) mass is 454 g/mol. The van der Waals surface area contributed by atoms with E-state index < -0.39 is 0 Å². The maximum absolute atomic E-state index is 13.0. The third-order valence-corrected chi connectivity index (χ3v) is 6.50. The first-order chi connectivity index (χ1) is 16.7. The number of nitrogens with zero attached hydrogens (tertiary/aromatic N) is 5. The Labute approximate surface area is 197 Å². The molecule has 5 heterocycles. The van der Waals surface area contributed by atoms with Crippen LogP contribution in [0, 0.1) is 0 Å². The van der Waals surface area contributed by atoms with Gasteiger partial charge in [0.2, 0.25) is 0 Å². The standard InChI is InChI=1S/C26H26N6O2/c33-26-20-17-31(13-11-21(20)28-25(29-26)22-9-4-5-12-27-22)15-18-16-32(19-7-2-1-3-8-19)30-24(18)23-10-6-14-34-23/h1-3,6-8,10,14,16H,4-5,9,11-13,15,17H2,(H,28,29,33). The van der Waals surface area contributed by atoms with Crippen LogP contribution in [0.1, 0.15) is 41.9 Å². The first kappa shape index (κ1) is 20.8. The van der Waals surface area contributed by atoms with Gasteiger partial charge in [-0.2, -0.15) is 5.10 Å². The summed E-state index contributed by atoms with van der Waals surface area (Å²) in [6, 6.07) is 13.8. The predicted molar refractivity (Wildman–Crippen MR) is 129 cm³/mol. The predicted octanol–water partition coefficient (Wildman–Crippen LogP) is 3.75. The van der Waals surface area contributed by atoms with Crippen molar-refractivity contribution in [1.29, 1.82) is 0 Å². The molecule has 0 spiro atoms. The minimum Gasteiger partial charge on any atom is -0.463 e. The van der Waals surface area contributed by atoms with Gasteiger partial charge in [-0.25, -0.2) is 9.67 Å². The molecule has 0 radical (unpaired) electrons. The molecule has 1 aromatic carbocycles. The number of nitrogens with one attached hydrogen (secondary N) is 1. The molecule has 8 nitrogen and oxygen atoms in total. The summed E-state index contributed by atoms with van der Waals surface area (Å²) in [4.78, 5) is 27.6. The first-order valence-electron chi connectivity index (χ1n) is 11.8. The molecular weight excluding hydrogens is 428 g/mol. The maximum Gasteiger partial charge on any atom is 0.255 e. The molecule has 0 bridgehead atoms. The lowest BCUT2D eigenvalue weighted by atomic mass is 10.0. The lowest BCUT2D eigenvalue weighted by Gasteiger charge is -2.27. The third-order valence-electron chi connectivity index (χ3n) is 6.50. The number of furan rings is 1. The van der Waals surface area contributed by atoms with E-state index in [1.54, 1.807) is 6.26 Å². The Morgan fingerprint density at radius 3 is 2.76 bits per heavy atom. The number of fused-ring (bicyclic) bond motifs is 1. The van der Waals surface area contributed by atoms with Crippen molar-refractivity contribution < 1.29 is 4.42 Å². The lowest BCUT2D eigenvalue weighted by Crippen LogP contribution is -2.36. The van der Waals surface area contributed by atoms with Gasteiger partial charge >= 0.3 is 0 Å². The second-order valence-electron chi connectivity index (χ2n) is 8.85. The van der Waals surface area contributed by atoms with Gasteiger partial charge < -0.3 is 9.40 Å². The molecule has 0 amide bonds. The van der Waals surface area contributed by atoms with Crippen molar-refractivity contribution >= 4 is 5.71 Å². The van der Waals surface area contributed by atoms with E-state index >= 15 is 0 Å². The third kappa shape index (κ3) is 4.01. The number of hydrogen-bond donors (Lipinski definition) is 1. The molecule has 2 aliphatic heterocycles. The van der Waals surface area contributed by atoms with Gasteiger partial charge in [-0.3, -0.25) is 14.7 Å². The molecule has 2 aliphatic rings. The van der Waals surface area contributed by atoms with E-state index in [4.69, 9.17) is 14.5 Å². The summed E-state index contributed by atoms with van der Waals surface area (Å²) in [5.74, 6) is 1.39. The van der Waals surface area contributed by atoms with Crippen LogP contribution >= 0.6 is 0 Å². The number of aromatic amines is 1. The Bertz CT molecular complexity index is 1380. The minimum absolute atomic E-state index is 0.0517. The first-order valence-corrected chi connectivity index (χ1v) is 11.8. The van der Waals surface area contributed by atoms with E-state index in [1.165, 1.54) is 0 Å². The topological polar surface area (TPSA) is 92.3 Å². The number of hydrogen-bond acceptors (Lipinski definition) is 6. The largest absolute Gasteiger partial charge is 0.463 e. The summed E-state index contributed by atoms with van der Waals surface area (Å²) < 4.78 is 7.56. The van der Waals surface area contributed by atoms with E-state index in [9.17, 15) is 4.79 Å². The molecule has 6 rings (SSSR count). The van der Waals surface area contributed by atoms with Crippen LogP contribution in [0.3, 0.4) is 0 Å². The van der Waals surface area contributed by atoms with Gasteiger partial charge in [-0.15, -0.1) is 0 Å². The molecule has 34 heavy (non-hydrogen) atoms. The van der Waals surface area contributed by atoms with E-state index in [1.807, 2.05) is 47.1 Å². The summed E-state index contributed by atoms with van der Waals surface area (Å²) in [7, 11) is 0. The average Bonchev–Trinajstić information content (AvgIpc) is 3.56. The molecule has 3 aromatic heterocycles. The van der Waals surface area contributed by atoms with Gasteiger partial charge in [0, 0.05) is 44.4 Å². The Morgan fingerprint density at radius 1 is 1.06 bits per heavy atom. The number of aliphatic imine (C=N–C) groups is 1. The minimum atomic E-state index is -0.0517. The molecule has 0 saturated carbocycles. The molecule has 0 unspecified atom stereocenters. The van der Waals surface area contributed by atoms with Crippen LogP contribution in [0.5, 0.6) is 0 Å². The van der Waals surface area contributed by atoms with Crippen LogP contribution in [-0.4, -0.2) is 43.4 Å². The second kappa shape index (κ2) is 8.87. The molecule has 1 N–H and O–H groups in total.